The number of benzene rings is 2. The Hall–Kier alpha value is -2.58. The molecule has 1 amide bonds. The summed E-state index contributed by atoms with van der Waals surface area (Å²) in [6.07, 6.45) is 2.62. The van der Waals surface area contributed by atoms with Gasteiger partial charge in [-0.3, -0.25) is 9.10 Å². The predicted octanol–water partition coefficient (Wildman–Crippen LogP) is 3.07. The Labute approximate surface area is 171 Å². The average molecular weight is 416 g/mol. The maximum Gasteiger partial charge on any atom is 0.255 e. The number of hydrogen-bond donors (Lipinski definition) is 2. The largest absolute Gasteiger partial charge is 0.382 e. The van der Waals surface area contributed by atoms with Gasteiger partial charge in [-0.2, -0.15) is 0 Å². The van der Waals surface area contributed by atoms with Crippen LogP contribution in [0.25, 0.3) is 0 Å². The van der Waals surface area contributed by atoms with Gasteiger partial charge in [0.05, 0.1) is 11.4 Å². The molecule has 2 saturated heterocycles. The second kappa shape index (κ2) is 8.42. The van der Waals surface area contributed by atoms with Crippen molar-refractivity contribution in [3.05, 3.63) is 54.1 Å². The third kappa shape index (κ3) is 4.71. The first-order chi connectivity index (χ1) is 14.0. The van der Waals surface area contributed by atoms with E-state index in [2.05, 4.69) is 10.6 Å². The van der Waals surface area contributed by atoms with Gasteiger partial charge in [-0.15, -0.1) is 0 Å². The number of amides is 1. The monoisotopic (exact) mass is 415 g/mol. The standard InChI is InChI=1S/C21H25N3O4S/c25-21(16-2-8-20(9-3-16)24-12-1-15-29(24,26)27)23-18-6-4-17(5-7-18)22-19-10-13-28-14-11-19/h2-9,19,22H,1,10-15H2,(H,23,25). The minimum absolute atomic E-state index is 0.175. The van der Waals surface area contributed by atoms with Gasteiger partial charge in [0.25, 0.3) is 5.91 Å². The van der Waals surface area contributed by atoms with Gasteiger partial charge in [-0.1, -0.05) is 0 Å². The molecule has 4 rings (SSSR count). The van der Waals surface area contributed by atoms with E-state index in [-0.39, 0.29) is 11.7 Å². The number of hydrogen-bond acceptors (Lipinski definition) is 5. The maximum atomic E-state index is 12.5. The zero-order valence-electron chi connectivity index (χ0n) is 16.1. The van der Waals surface area contributed by atoms with E-state index in [1.807, 2.05) is 24.3 Å². The molecule has 2 aromatic rings. The topological polar surface area (TPSA) is 87.7 Å². The summed E-state index contributed by atoms with van der Waals surface area (Å²) in [7, 11) is -3.22. The second-order valence-corrected chi connectivity index (χ2v) is 9.36. The van der Waals surface area contributed by atoms with Crippen LogP contribution in [0.3, 0.4) is 0 Å². The Bertz CT molecular complexity index is 952. The fourth-order valence-electron chi connectivity index (χ4n) is 3.64. The highest BCUT2D eigenvalue weighted by atomic mass is 32.2. The van der Waals surface area contributed by atoms with E-state index in [0.29, 0.717) is 35.9 Å². The first-order valence-electron chi connectivity index (χ1n) is 9.87. The molecule has 0 aliphatic carbocycles. The highest BCUT2D eigenvalue weighted by Gasteiger charge is 2.28. The van der Waals surface area contributed by atoms with Gasteiger partial charge < -0.3 is 15.4 Å². The molecule has 29 heavy (non-hydrogen) atoms. The quantitative estimate of drug-likeness (QED) is 0.784. The lowest BCUT2D eigenvalue weighted by atomic mass is 10.1. The lowest BCUT2D eigenvalue weighted by Gasteiger charge is -2.24. The van der Waals surface area contributed by atoms with Crippen LogP contribution in [0.2, 0.25) is 0 Å². The number of sulfonamides is 1. The number of nitrogens with one attached hydrogen (secondary N) is 2. The summed E-state index contributed by atoms with van der Waals surface area (Å²) in [5.41, 5.74) is 2.81. The Morgan fingerprint density at radius 1 is 0.966 bits per heavy atom. The first kappa shape index (κ1) is 19.7. The van der Waals surface area contributed by atoms with Crippen LogP contribution in [-0.2, 0) is 14.8 Å². The molecule has 2 heterocycles. The minimum atomic E-state index is -3.22. The van der Waals surface area contributed by atoms with Gasteiger partial charge in [-0.05, 0) is 67.8 Å². The molecule has 2 aliphatic heterocycles. The number of anilines is 3. The molecule has 0 radical (unpaired) electrons. The van der Waals surface area contributed by atoms with Gasteiger partial charge >= 0.3 is 0 Å². The van der Waals surface area contributed by atoms with Crippen molar-refractivity contribution >= 4 is 33.0 Å². The third-order valence-electron chi connectivity index (χ3n) is 5.25. The number of ether oxygens (including phenoxy) is 1. The Kier molecular flexibility index (Phi) is 5.73. The van der Waals surface area contributed by atoms with Gasteiger partial charge in [-0.25, -0.2) is 8.42 Å². The molecule has 0 spiro atoms. The van der Waals surface area contributed by atoms with E-state index in [1.54, 1.807) is 24.3 Å². The summed E-state index contributed by atoms with van der Waals surface area (Å²) in [5.74, 6) is -0.0554. The number of carbonyl (C=O) groups excluding carboxylic acids is 1. The molecule has 2 aliphatic rings. The summed E-state index contributed by atoms with van der Waals surface area (Å²) in [4.78, 5) is 12.5. The average Bonchev–Trinajstić information content (AvgIpc) is 3.09. The SMILES string of the molecule is O=C(Nc1ccc(NC2CCOCC2)cc1)c1ccc(N2CCCS2(=O)=O)cc1. The van der Waals surface area contributed by atoms with Gasteiger partial charge in [0.15, 0.2) is 0 Å². The van der Waals surface area contributed by atoms with Gasteiger partial charge in [0, 0.05) is 42.7 Å². The van der Waals surface area contributed by atoms with E-state index in [1.165, 1.54) is 4.31 Å². The van der Waals surface area contributed by atoms with Crippen LogP contribution in [0.5, 0.6) is 0 Å². The molecule has 8 heteroatoms. The molecular weight excluding hydrogens is 390 g/mol. The highest BCUT2D eigenvalue weighted by Crippen LogP contribution is 2.24. The lowest BCUT2D eigenvalue weighted by Crippen LogP contribution is -2.27. The van der Waals surface area contributed by atoms with Gasteiger partial charge in [0.2, 0.25) is 10.0 Å². The van der Waals surface area contributed by atoms with E-state index in [0.717, 1.165) is 31.7 Å². The Balaban J connectivity index is 1.36. The predicted molar refractivity (Wildman–Crippen MR) is 114 cm³/mol. The fourth-order valence-corrected chi connectivity index (χ4v) is 5.20. The van der Waals surface area contributed by atoms with Gasteiger partial charge in [0.1, 0.15) is 0 Å². The summed E-state index contributed by atoms with van der Waals surface area (Å²) in [6.45, 7) is 2.06. The molecule has 2 N–H and O–H groups in total. The van der Waals surface area contributed by atoms with Crippen molar-refractivity contribution in [3.8, 4) is 0 Å². The molecule has 0 bridgehead atoms. The van der Waals surface area contributed by atoms with Crippen molar-refractivity contribution in [2.24, 2.45) is 0 Å². The van der Waals surface area contributed by atoms with E-state index >= 15 is 0 Å². The summed E-state index contributed by atoms with van der Waals surface area (Å²) >= 11 is 0. The zero-order valence-corrected chi connectivity index (χ0v) is 17.0. The van der Waals surface area contributed by atoms with E-state index in [9.17, 15) is 13.2 Å². The van der Waals surface area contributed by atoms with Crippen molar-refractivity contribution in [2.75, 3.05) is 40.5 Å². The van der Waals surface area contributed by atoms with E-state index < -0.39 is 10.0 Å². The lowest BCUT2D eigenvalue weighted by molar-refractivity contribution is 0.0904. The van der Waals surface area contributed by atoms with Crippen molar-refractivity contribution in [1.29, 1.82) is 0 Å². The molecule has 0 atom stereocenters. The van der Waals surface area contributed by atoms with Crippen LogP contribution in [-0.4, -0.2) is 45.9 Å². The number of rotatable bonds is 5. The van der Waals surface area contributed by atoms with Crippen LogP contribution in [0, 0.1) is 0 Å². The second-order valence-electron chi connectivity index (χ2n) is 7.35. The van der Waals surface area contributed by atoms with Crippen LogP contribution in [0.1, 0.15) is 29.6 Å². The Morgan fingerprint density at radius 3 is 2.24 bits per heavy atom. The van der Waals surface area contributed by atoms with Crippen LogP contribution >= 0.6 is 0 Å². The molecule has 0 saturated carbocycles. The Morgan fingerprint density at radius 2 is 1.62 bits per heavy atom. The molecule has 2 fully saturated rings. The molecular formula is C21H25N3O4S. The molecule has 0 aromatic heterocycles. The van der Waals surface area contributed by atoms with Crippen LogP contribution in [0.15, 0.2) is 48.5 Å². The minimum Gasteiger partial charge on any atom is -0.382 e. The van der Waals surface area contributed by atoms with Crippen LogP contribution < -0.4 is 14.9 Å². The summed E-state index contributed by atoms with van der Waals surface area (Å²) in [6, 6.07) is 14.7. The van der Waals surface area contributed by atoms with Crippen molar-refractivity contribution in [2.45, 2.75) is 25.3 Å². The smallest absolute Gasteiger partial charge is 0.255 e. The number of carbonyl (C=O) groups is 1. The third-order valence-corrected chi connectivity index (χ3v) is 7.12. The highest BCUT2D eigenvalue weighted by molar-refractivity contribution is 7.93. The van der Waals surface area contributed by atoms with Crippen molar-refractivity contribution < 1.29 is 17.9 Å². The molecule has 154 valence electrons. The summed E-state index contributed by atoms with van der Waals surface area (Å²) in [5, 5.41) is 6.36. The molecule has 2 aromatic carbocycles. The zero-order chi connectivity index (χ0) is 20.3. The first-order valence-corrected chi connectivity index (χ1v) is 11.5. The normalized spacial score (nSPS) is 19.1. The van der Waals surface area contributed by atoms with Crippen LogP contribution in [0.4, 0.5) is 17.1 Å². The fraction of sp³-hybridized carbons (Fsp3) is 0.381. The van der Waals surface area contributed by atoms with E-state index in [4.69, 9.17) is 4.74 Å². The maximum absolute atomic E-state index is 12.5. The summed E-state index contributed by atoms with van der Waals surface area (Å²) < 4.78 is 30.8. The van der Waals surface area contributed by atoms with Crippen molar-refractivity contribution in [3.63, 3.8) is 0 Å². The molecule has 7 nitrogen and oxygen atoms in total. The number of nitrogens with zero attached hydrogens (tertiary/aromatic N) is 1. The molecule has 0 unspecified atom stereocenters. The van der Waals surface area contributed by atoms with Crippen molar-refractivity contribution in [1.82, 2.24) is 0 Å².